The number of aliphatic carboxylic acids is 1. The molecule has 0 radical (unpaired) electrons. The van der Waals surface area contributed by atoms with Crippen LogP contribution in [0.4, 0.5) is 0 Å². The zero-order chi connectivity index (χ0) is 10.4. The fourth-order valence-electron chi connectivity index (χ4n) is 0.266. The van der Waals surface area contributed by atoms with E-state index >= 15 is 0 Å². The van der Waals surface area contributed by atoms with Gasteiger partial charge >= 0.3 is 5.97 Å². The van der Waals surface area contributed by atoms with Crippen molar-refractivity contribution in [1.29, 1.82) is 0 Å². The highest BCUT2D eigenvalue weighted by Crippen LogP contribution is 2.40. The lowest BCUT2D eigenvalue weighted by molar-refractivity contribution is -0.142. The lowest BCUT2D eigenvalue weighted by Crippen LogP contribution is -2.18. The summed E-state index contributed by atoms with van der Waals surface area (Å²) >= 11 is 0. The molecule has 0 saturated carbocycles. The molecule has 0 aliphatic carbocycles. The lowest BCUT2D eigenvalue weighted by atomic mass is 10.7. The van der Waals surface area contributed by atoms with Crippen LogP contribution >= 0.6 is 15.8 Å². The average molecular weight is 218 g/mol. The molecule has 2 unspecified atom stereocenters. The fourth-order valence-corrected chi connectivity index (χ4v) is 0.798. The Kier molecular flexibility index (Phi) is 7.64. The molecule has 74 valence electrons. The van der Waals surface area contributed by atoms with E-state index in [1.807, 2.05) is 0 Å². The molecule has 0 spiro atoms. The minimum atomic E-state index is -2.86. The highest BCUT2D eigenvalue weighted by Gasteiger charge is 2.26. The zero-order valence-electron chi connectivity index (χ0n) is 6.67. The van der Waals surface area contributed by atoms with Gasteiger partial charge in [0.15, 0.2) is 8.69 Å². The van der Waals surface area contributed by atoms with Gasteiger partial charge in [0.05, 0.1) is 0 Å². The molecular weight excluding hydrogens is 206 g/mol. The van der Waals surface area contributed by atoms with Crippen LogP contribution in [0.15, 0.2) is 0 Å². The maximum absolute atomic E-state index is 10.7. The van der Waals surface area contributed by atoms with Gasteiger partial charge in [-0.05, 0) is 13.3 Å². The second-order valence-corrected chi connectivity index (χ2v) is 5.82. The molecule has 0 aromatic carbocycles. The first-order valence-electron chi connectivity index (χ1n) is 2.80. The molecule has 3 N–H and O–H groups in total. The van der Waals surface area contributed by atoms with E-state index in [9.17, 15) is 9.36 Å². The third kappa shape index (κ3) is 7.95. The average Bonchev–Trinajstić information content (AvgIpc) is 1.85. The minimum Gasteiger partial charge on any atom is -0.479 e. The monoisotopic (exact) mass is 218 g/mol. The van der Waals surface area contributed by atoms with E-state index < -0.39 is 27.6 Å². The Bertz CT molecular complexity index is 196. The van der Waals surface area contributed by atoms with Crippen molar-refractivity contribution in [2.45, 2.75) is 5.85 Å². The van der Waals surface area contributed by atoms with E-state index in [1.54, 1.807) is 0 Å². The largest absolute Gasteiger partial charge is 0.479 e. The topological polar surface area (TPSA) is 112 Å². The molecule has 0 fully saturated rings. The predicted octanol–water partition coefficient (Wildman–Crippen LogP) is -0.338. The molecule has 12 heavy (non-hydrogen) atoms. The summed E-state index contributed by atoms with van der Waals surface area (Å²) in [5.74, 6) is -3.14. The van der Waals surface area contributed by atoms with Crippen molar-refractivity contribution in [3.63, 3.8) is 0 Å². The van der Waals surface area contributed by atoms with Crippen molar-refractivity contribution in [3.05, 3.63) is 0 Å². The standard InChI is InChI=1S/C4H9O4P.H3O2P/c1-9(2,8)4(7)3(5)6;1-3-2/h4,7H,1-2H3,(H,5,6);3H2,(H,1,2). The number of aliphatic hydroxyl groups is 1. The summed E-state index contributed by atoms with van der Waals surface area (Å²) in [4.78, 5) is 17.0. The molecule has 0 aliphatic rings. The van der Waals surface area contributed by atoms with Crippen molar-refractivity contribution in [2.75, 3.05) is 13.3 Å². The smallest absolute Gasteiger partial charge is 0.340 e. The summed E-state index contributed by atoms with van der Waals surface area (Å²) in [7, 11) is -4.36. The summed E-state index contributed by atoms with van der Waals surface area (Å²) < 4.78 is 19.3. The van der Waals surface area contributed by atoms with E-state index in [-0.39, 0.29) is 0 Å². The van der Waals surface area contributed by atoms with Gasteiger partial charge < -0.3 is 19.7 Å². The number of carbonyl (C=O) groups is 1. The van der Waals surface area contributed by atoms with E-state index in [0.717, 1.165) is 0 Å². The first kappa shape index (κ1) is 14.4. The number of carboxylic acids is 1. The second kappa shape index (κ2) is 6.38. The van der Waals surface area contributed by atoms with E-state index in [2.05, 4.69) is 0 Å². The van der Waals surface area contributed by atoms with E-state index in [1.165, 1.54) is 13.3 Å². The van der Waals surface area contributed by atoms with Crippen LogP contribution in [0.25, 0.3) is 0 Å². The van der Waals surface area contributed by atoms with Gasteiger partial charge in [-0.2, -0.15) is 0 Å². The Balaban J connectivity index is 0. The molecule has 2 atom stereocenters. The minimum absolute atomic E-state index is 1.23. The number of rotatable bonds is 2. The molecule has 8 heteroatoms. The number of carboxylic acid groups (broad SMARTS) is 1. The number of hydrogen-bond donors (Lipinski definition) is 3. The Morgan fingerprint density at radius 3 is 1.75 bits per heavy atom. The first-order valence-corrected chi connectivity index (χ1v) is 6.46. The van der Waals surface area contributed by atoms with E-state index in [0.29, 0.717) is 0 Å². The van der Waals surface area contributed by atoms with E-state index in [4.69, 9.17) is 19.7 Å². The summed E-state index contributed by atoms with van der Waals surface area (Å²) in [6.07, 6.45) is 0. The highest BCUT2D eigenvalue weighted by molar-refractivity contribution is 7.63. The maximum atomic E-state index is 10.7. The third-order valence-corrected chi connectivity index (χ3v) is 2.21. The number of aliphatic hydroxyl groups excluding tert-OH is 1. The Labute approximate surface area is 70.9 Å². The van der Waals surface area contributed by atoms with Crippen LogP contribution in [0.3, 0.4) is 0 Å². The third-order valence-electron chi connectivity index (χ3n) is 0.810. The van der Waals surface area contributed by atoms with Gasteiger partial charge in [-0.15, -0.1) is 0 Å². The van der Waals surface area contributed by atoms with Gasteiger partial charge in [0.2, 0.25) is 5.85 Å². The quantitative estimate of drug-likeness (QED) is 0.546. The normalized spacial score (nSPS) is 13.7. The van der Waals surface area contributed by atoms with Gasteiger partial charge in [0, 0.05) is 0 Å². The Hall–Kier alpha value is -0.150. The summed E-state index contributed by atoms with van der Waals surface area (Å²) in [6, 6.07) is 0. The lowest BCUT2D eigenvalue weighted by Gasteiger charge is -2.08. The molecule has 0 saturated heterocycles. The SMILES string of the molecule is CP(C)(=O)C(O)C(=O)O.O=[PH2]O. The van der Waals surface area contributed by atoms with Gasteiger partial charge in [-0.25, -0.2) is 4.79 Å². The second-order valence-electron chi connectivity index (χ2n) is 2.25. The highest BCUT2D eigenvalue weighted by atomic mass is 31.2. The Morgan fingerprint density at radius 2 is 1.75 bits per heavy atom. The van der Waals surface area contributed by atoms with Crippen molar-refractivity contribution in [3.8, 4) is 0 Å². The fraction of sp³-hybridized carbons (Fsp3) is 0.750. The van der Waals surface area contributed by atoms with Gasteiger partial charge in [0.25, 0.3) is 0 Å². The molecule has 0 bridgehead atoms. The predicted molar refractivity (Wildman–Crippen MR) is 45.7 cm³/mol. The van der Waals surface area contributed by atoms with Crippen molar-refractivity contribution >= 4 is 21.8 Å². The summed E-state index contributed by atoms with van der Waals surface area (Å²) in [5.41, 5.74) is 0. The van der Waals surface area contributed by atoms with Crippen LogP contribution in [-0.4, -0.2) is 40.3 Å². The Morgan fingerprint density at radius 1 is 1.50 bits per heavy atom. The maximum Gasteiger partial charge on any atom is 0.340 e. The van der Waals surface area contributed by atoms with Gasteiger partial charge in [-0.1, -0.05) is 0 Å². The van der Waals surface area contributed by atoms with Gasteiger partial charge in [-0.3, -0.25) is 4.57 Å². The van der Waals surface area contributed by atoms with Crippen molar-refractivity contribution in [2.24, 2.45) is 0 Å². The van der Waals surface area contributed by atoms with Crippen molar-refractivity contribution < 1.29 is 29.0 Å². The zero-order valence-corrected chi connectivity index (χ0v) is 8.72. The molecule has 0 heterocycles. The van der Waals surface area contributed by atoms with Crippen LogP contribution in [0.1, 0.15) is 0 Å². The van der Waals surface area contributed by atoms with Crippen LogP contribution in [0, 0.1) is 0 Å². The van der Waals surface area contributed by atoms with Crippen molar-refractivity contribution in [1.82, 2.24) is 0 Å². The molecule has 0 aliphatic heterocycles. The molecular formula is C4H12O6P2. The first-order chi connectivity index (χ1) is 5.27. The molecule has 0 rings (SSSR count). The van der Waals surface area contributed by atoms with Crippen LogP contribution in [0.5, 0.6) is 0 Å². The molecule has 0 aromatic heterocycles. The van der Waals surface area contributed by atoms with Crippen LogP contribution in [0.2, 0.25) is 0 Å². The van der Waals surface area contributed by atoms with Crippen LogP contribution < -0.4 is 0 Å². The summed E-state index contributed by atoms with van der Waals surface area (Å²) in [6.45, 7) is 2.46. The molecule has 0 amide bonds. The molecule has 6 nitrogen and oxygen atoms in total. The van der Waals surface area contributed by atoms with Gasteiger partial charge in [0.1, 0.15) is 7.14 Å². The number of hydrogen-bond acceptors (Lipinski definition) is 4. The summed E-state index contributed by atoms with van der Waals surface area (Å²) in [5, 5.41) is 16.7. The molecule has 0 aromatic rings. The van der Waals surface area contributed by atoms with Crippen LogP contribution in [-0.2, 0) is 13.9 Å².